The summed E-state index contributed by atoms with van der Waals surface area (Å²) in [6, 6.07) is 23.8. The van der Waals surface area contributed by atoms with Crippen molar-refractivity contribution in [3.63, 3.8) is 0 Å². The lowest BCUT2D eigenvalue weighted by Crippen LogP contribution is -2.17. The van der Waals surface area contributed by atoms with Crippen molar-refractivity contribution >= 4 is 17.6 Å². The van der Waals surface area contributed by atoms with Gasteiger partial charge in [-0.1, -0.05) is 29.8 Å². The van der Waals surface area contributed by atoms with Crippen molar-refractivity contribution in [2.45, 2.75) is 6.92 Å². The van der Waals surface area contributed by atoms with Crippen LogP contribution in [0.15, 0.2) is 72.8 Å². The number of ether oxygens (including phenoxy) is 3. The van der Waals surface area contributed by atoms with Crippen LogP contribution in [0.4, 0.5) is 0 Å². The van der Waals surface area contributed by atoms with Gasteiger partial charge in [-0.15, -0.1) is 0 Å². The van der Waals surface area contributed by atoms with Crippen molar-refractivity contribution in [3.05, 3.63) is 89.5 Å². The molecule has 0 spiro atoms. The van der Waals surface area contributed by atoms with E-state index in [1.807, 2.05) is 37.3 Å². The van der Waals surface area contributed by atoms with E-state index in [0.29, 0.717) is 17.1 Å². The van der Waals surface area contributed by atoms with Crippen LogP contribution in [0.1, 0.15) is 16.7 Å². The molecule has 0 aromatic heterocycles. The fourth-order valence-electron chi connectivity index (χ4n) is 2.72. The smallest absolute Gasteiger partial charge is 0.349 e. The van der Waals surface area contributed by atoms with E-state index in [1.165, 1.54) is 0 Å². The molecule has 0 aliphatic carbocycles. The van der Waals surface area contributed by atoms with Gasteiger partial charge >= 0.3 is 5.97 Å². The fourth-order valence-corrected chi connectivity index (χ4v) is 2.72. The molecule has 0 aliphatic rings. The molecule has 0 fully saturated rings. The lowest BCUT2D eigenvalue weighted by atomic mass is 10.0. The highest BCUT2D eigenvalue weighted by Gasteiger charge is 2.08. The summed E-state index contributed by atoms with van der Waals surface area (Å²) >= 11 is 0. The molecule has 5 heteroatoms. The van der Waals surface area contributed by atoms with Crippen LogP contribution < -0.4 is 14.2 Å². The number of nitrogens with zero attached hydrogens (tertiary/aromatic N) is 1. The average Bonchev–Trinajstić information content (AvgIpc) is 2.77. The first-order valence-corrected chi connectivity index (χ1v) is 9.34. The zero-order chi connectivity index (χ0) is 21.3. The Morgan fingerprint density at radius 3 is 2.33 bits per heavy atom. The van der Waals surface area contributed by atoms with Gasteiger partial charge in [0.25, 0.3) is 0 Å². The maximum atomic E-state index is 12.1. The second-order valence-corrected chi connectivity index (χ2v) is 6.55. The lowest BCUT2D eigenvalue weighted by Gasteiger charge is -2.08. The third kappa shape index (κ3) is 5.73. The molecule has 0 radical (unpaired) electrons. The number of carbonyl (C=O) groups is 1. The summed E-state index contributed by atoms with van der Waals surface area (Å²) in [5, 5.41) is 9.53. The number of esters is 1. The third-order valence-corrected chi connectivity index (χ3v) is 4.30. The number of aryl methyl sites for hydroxylation is 1. The summed E-state index contributed by atoms with van der Waals surface area (Å²) in [7, 11) is 1.59. The van der Waals surface area contributed by atoms with Gasteiger partial charge in [0, 0.05) is 0 Å². The van der Waals surface area contributed by atoms with Crippen molar-refractivity contribution in [2.75, 3.05) is 13.7 Å². The van der Waals surface area contributed by atoms with Crippen LogP contribution in [0.3, 0.4) is 0 Å². The predicted molar refractivity (Wildman–Crippen MR) is 115 cm³/mol. The molecule has 0 N–H and O–H groups in total. The Labute approximate surface area is 175 Å². The second-order valence-electron chi connectivity index (χ2n) is 6.55. The molecule has 0 amide bonds. The molecule has 5 nitrogen and oxygen atoms in total. The Balaban J connectivity index is 1.66. The number of methoxy groups -OCH3 is 1. The highest BCUT2D eigenvalue weighted by molar-refractivity contribution is 5.89. The first-order chi connectivity index (χ1) is 14.6. The molecule has 0 unspecified atom stereocenters. The van der Waals surface area contributed by atoms with E-state index in [-0.39, 0.29) is 6.61 Å². The monoisotopic (exact) mass is 399 g/mol. The van der Waals surface area contributed by atoms with Gasteiger partial charge in [-0.25, -0.2) is 4.79 Å². The molecule has 3 rings (SSSR count). The number of hydrogen-bond donors (Lipinski definition) is 0. The Morgan fingerprint density at radius 1 is 0.967 bits per heavy atom. The van der Waals surface area contributed by atoms with Crippen LogP contribution in [0.5, 0.6) is 17.2 Å². The van der Waals surface area contributed by atoms with Crippen LogP contribution in [0.25, 0.3) is 11.6 Å². The minimum atomic E-state index is -0.507. The Morgan fingerprint density at radius 2 is 1.67 bits per heavy atom. The van der Waals surface area contributed by atoms with E-state index in [0.717, 1.165) is 22.4 Å². The van der Waals surface area contributed by atoms with Crippen molar-refractivity contribution in [1.29, 1.82) is 5.26 Å². The van der Waals surface area contributed by atoms with Crippen molar-refractivity contribution in [3.8, 4) is 23.3 Å². The molecular weight excluding hydrogens is 378 g/mol. The van der Waals surface area contributed by atoms with E-state index in [9.17, 15) is 10.1 Å². The number of hydrogen-bond acceptors (Lipinski definition) is 5. The van der Waals surface area contributed by atoms with Crippen LogP contribution in [0, 0.1) is 18.3 Å². The highest BCUT2D eigenvalue weighted by Crippen LogP contribution is 2.22. The first-order valence-electron chi connectivity index (χ1n) is 9.34. The molecule has 3 aromatic rings. The maximum absolute atomic E-state index is 12.1. The van der Waals surface area contributed by atoms with E-state index < -0.39 is 5.97 Å². The van der Waals surface area contributed by atoms with Crippen molar-refractivity contribution in [1.82, 2.24) is 0 Å². The zero-order valence-corrected chi connectivity index (χ0v) is 16.8. The predicted octanol–water partition coefficient (Wildman–Crippen LogP) is 5.05. The molecular formula is C25H21NO4. The minimum Gasteiger partial charge on any atom is -0.497 e. The van der Waals surface area contributed by atoms with Crippen molar-refractivity contribution in [2.24, 2.45) is 0 Å². The molecule has 0 saturated carbocycles. The quantitative estimate of drug-likeness (QED) is 0.241. The van der Waals surface area contributed by atoms with Gasteiger partial charge in [-0.3, -0.25) is 0 Å². The Hall–Kier alpha value is -4.04. The lowest BCUT2D eigenvalue weighted by molar-refractivity contribution is -0.136. The first kappa shape index (κ1) is 20.7. The Kier molecular flexibility index (Phi) is 6.86. The van der Waals surface area contributed by atoms with Crippen LogP contribution in [-0.2, 0) is 4.79 Å². The summed E-state index contributed by atoms with van der Waals surface area (Å²) in [5.74, 6) is 1.20. The van der Waals surface area contributed by atoms with Gasteiger partial charge in [0.2, 0.25) is 0 Å². The van der Waals surface area contributed by atoms with Gasteiger partial charge in [0.05, 0.1) is 18.8 Å². The number of carbonyl (C=O) groups excluding carboxylic acids is 1. The standard InChI is InChI=1S/C25H21NO4/c1-18-6-10-23(11-7-18)29-17-25(27)30-24-5-3-4-19(15-24)14-21(16-26)20-8-12-22(28-2)13-9-20/h3-15H,17H2,1-2H3/b21-14-. The van der Waals surface area contributed by atoms with Gasteiger partial charge in [0.1, 0.15) is 17.2 Å². The van der Waals surface area contributed by atoms with Gasteiger partial charge in [-0.05, 0) is 72.7 Å². The topological polar surface area (TPSA) is 68.5 Å². The second kappa shape index (κ2) is 9.94. The average molecular weight is 399 g/mol. The molecule has 0 saturated heterocycles. The molecule has 3 aromatic carbocycles. The molecule has 0 atom stereocenters. The molecule has 150 valence electrons. The summed E-state index contributed by atoms with van der Waals surface area (Å²) < 4.78 is 15.9. The molecule has 0 bridgehead atoms. The SMILES string of the molecule is COc1ccc(/C(C#N)=C\c2cccc(OC(=O)COc3ccc(C)cc3)c2)cc1. The summed E-state index contributed by atoms with van der Waals surface area (Å²) in [4.78, 5) is 12.1. The van der Waals surface area contributed by atoms with E-state index in [4.69, 9.17) is 14.2 Å². The van der Waals surface area contributed by atoms with Crippen LogP contribution in [-0.4, -0.2) is 19.7 Å². The number of allylic oxidation sites excluding steroid dienone is 1. The highest BCUT2D eigenvalue weighted by atomic mass is 16.6. The van der Waals surface area contributed by atoms with Gasteiger partial charge in [0.15, 0.2) is 6.61 Å². The molecule has 30 heavy (non-hydrogen) atoms. The van der Waals surface area contributed by atoms with Crippen molar-refractivity contribution < 1.29 is 19.0 Å². The Bertz CT molecular complexity index is 1080. The van der Waals surface area contributed by atoms with Gasteiger partial charge in [-0.2, -0.15) is 5.26 Å². The normalized spacial score (nSPS) is 10.8. The minimum absolute atomic E-state index is 0.196. The number of nitriles is 1. The number of benzene rings is 3. The number of rotatable bonds is 7. The maximum Gasteiger partial charge on any atom is 0.349 e. The van der Waals surface area contributed by atoms with Crippen LogP contribution >= 0.6 is 0 Å². The van der Waals surface area contributed by atoms with Crippen LogP contribution in [0.2, 0.25) is 0 Å². The molecule has 0 aliphatic heterocycles. The van der Waals surface area contributed by atoms with E-state index in [1.54, 1.807) is 55.7 Å². The summed E-state index contributed by atoms with van der Waals surface area (Å²) in [6.07, 6.45) is 1.74. The third-order valence-electron chi connectivity index (χ3n) is 4.30. The summed E-state index contributed by atoms with van der Waals surface area (Å²) in [5.41, 5.74) is 3.12. The zero-order valence-electron chi connectivity index (χ0n) is 16.8. The fraction of sp³-hybridized carbons (Fsp3) is 0.120. The van der Waals surface area contributed by atoms with Gasteiger partial charge < -0.3 is 14.2 Å². The van der Waals surface area contributed by atoms with E-state index in [2.05, 4.69) is 6.07 Å². The molecule has 0 heterocycles. The summed E-state index contributed by atoms with van der Waals surface area (Å²) in [6.45, 7) is 1.78. The largest absolute Gasteiger partial charge is 0.497 e. The van der Waals surface area contributed by atoms with E-state index >= 15 is 0 Å².